The second-order valence-electron chi connectivity index (χ2n) is 6.46. The number of rotatable bonds is 4. The van der Waals surface area contributed by atoms with Crippen LogP contribution in [0.1, 0.15) is 23.2 Å². The zero-order valence-electron chi connectivity index (χ0n) is 15.2. The predicted octanol–water partition coefficient (Wildman–Crippen LogP) is 2.55. The molecule has 0 aromatic heterocycles. The highest BCUT2D eigenvalue weighted by molar-refractivity contribution is 7.82. The number of amides is 1. The minimum absolute atomic E-state index is 0.375. The molecule has 1 heterocycles. The van der Waals surface area contributed by atoms with Crippen molar-refractivity contribution in [1.82, 2.24) is 10.2 Å². The van der Waals surface area contributed by atoms with E-state index in [9.17, 15) is 27.9 Å². The van der Waals surface area contributed by atoms with Crippen molar-refractivity contribution < 1.29 is 37.8 Å². The van der Waals surface area contributed by atoms with Gasteiger partial charge in [-0.15, -0.1) is 0 Å². The lowest BCUT2D eigenvalue weighted by Crippen LogP contribution is -2.57. The van der Waals surface area contributed by atoms with E-state index in [1.54, 1.807) is 24.3 Å². The first kappa shape index (κ1) is 25.1. The number of nitrogens with zero attached hydrogens (tertiary/aromatic N) is 1. The first-order chi connectivity index (χ1) is 13.3. The van der Waals surface area contributed by atoms with E-state index < -0.39 is 34.8 Å². The summed E-state index contributed by atoms with van der Waals surface area (Å²) < 4.78 is 31.0. The van der Waals surface area contributed by atoms with Crippen molar-refractivity contribution in [3.63, 3.8) is 0 Å². The number of piperidine rings is 1. The third-order valence-corrected chi connectivity index (χ3v) is 5.22. The lowest BCUT2D eigenvalue weighted by molar-refractivity contribution is -0.192. The molecule has 1 saturated heterocycles. The van der Waals surface area contributed by atoms with Crippen LogP contribution >= 0.6 is 24.2 Å². The zero-order chi connectivity index (χ0) is 22.4. The van der Waals surface area contributed by atoms with Crippen molar-refractivity contribution in [1.29, 1.82) is 0 Å². The molecule has 0 radical (unpaired) electrons. The van der Waals surface area contributed by atoms with Crippen LogP contribution in [0.15, 0.2) is 24.3 Å². The molecule has 1 aromatic rings. The van der Waals surface area contributed by atoms with Crippen LogP contribution in [0.3, 0.4) is 0 Å². The molecule has 2 rings (SSSR count). The Bertz CT molecular complexity index is 738. The Hall–Kier alpha value is -1.98. The minimum Gasteiger partial charge on any atom is -0.480 e. The minimum atomic E-state index is -5.08. The van der Waals surface area contributed by atoms with Gasteiger partial charge in [0.05, 0.1) is 0 Å². The Balaban J connectivity index is 0.000000516. The molecule has 0 aliphatic carbocycles. The summed E-state index contributed by atoms with van der Waals surface area (Å²) in [7, 11) is 1.98. The maximum Gasteiger partial charge on any atom is 0.490 e. The number of hydrogen-bond acceptors (Lipinski definition) is 5. The lowest BCUT2D eigenvalue weighted by atomic mass is 9.88. The van der Waals surface area contributed by atoms with E-state index in [0.29, 0.717) is 23.4 Å². The predicted molar refractivity (Wildman–Crippen MR) is 102 cm³/mol. The molecule has 29 heavy (non-hydrogen) atoms. The second kappa shape index (κ2) is 10.2. The summed E-state index contributed by atoms with van der Waals surface area (Å²) in [6.07, 6.45) is -3.88. The Morgan fingerprint density at radius 3 is 2.00 bits per heavy atom. The van der Waals surface area contributed by atoms with Crippen LogP contribution in [0, 0.1) is 0 Å². The number of carboxylic acids is 2. The van der Waals surface area contributed by atoms with Crippen molar-refractivity contribution in [3.8, 4) is 0 Å². The molecule has 1 amide bonds. The Kier molecular flexibility index (Phi) is 8.79. The first-order valence-electron chi connectivity index (χ1n) is 8.26. The Morgan fingerprint density at radius 1 is 1.17 bits per heavy atom. The molecule has 1 aliphatic rings. The summed E-state index contributed by atoms with van der Waals surface area (Å²) in [5, 5.41) is 19.7. The molecule has 3 N–H and O–H groups in total. The Morgan fingerprint density at radius 2 is 1.62 bits per heavy atom. The van der Waals surface area contributed by atoms with Crippen LogP contribution in [0.5, 0.6) is 0 Å². The fourth-order valence-corrected chi connectivity index (χ4v) is 3.04. The number of thiol groups is 1. The second-order valence-corrected chi connectivity index (χ2v) is 7.79. The van der Waals surface area contributed by atoms with Crippen molar-refractivity contribution in [2.24, 2.45) is 0 Å². The highest BCUT2D eigenvalue weighted by atomic mass is 35.5. The topological polar surface area (TPSA) is 107 Å². The van der Waals surface area contributed by atoms with Gasteiger partial charge in [-0.1, -0.05) is 11.6 Å². The number of carbonyl (C=O) groups is 3. The van der Waals surface area contributed by atoms with E-state index in [1.807, 2.05) is 7.05 Å². The molecule has 1 atom stereocenters. The van der Waals surface area contributed by atoms with Gasteiger partial charge in [-0.25, -0.2) is 9.59 Å². The number of carbonyl (C=O) groups excluding carboxylic acids is 1. The van der Waals surface area contributed by atoms with Gasteiger partial charge in [0.15, 0.2) is 0 Å². The van der Waals surface area contributed by atoms with Crippen LogP contribution in [0.2, 0.25) is 5.02 Å². The number of likely N-dealkylation sites (tertiary alicyclic amines) is 1. The van der Waals surface area contributed by atoms with E-state index >= 15 is 0 Å². The monoisotopic (exact) mass is 456 g/mol. The van der Waals surface area contributed by atoms with E-state index in [1.165, 1.54) is 0 Å². The quantitative estimate of drug-likeness (QED) is 0.519. The molecule has 7 nitrogen and oxygen atoms in total. The molecular formula is C17H20ClF3N2O5S. The lowest BCUT2D eigenvalue weighted by Gasteiger charge is -2.40. The van der Waals surface area contributed by atoms with E-state index in [4.69, 9.17) is 21.5 Å². The van der Waals surface area contributed by atoms with Crippen molar-refractivity contribution in [3.05, 3.63) is 34.9 Å². The van der Waals surface area contributed by atoms with Gasteiger partial charge < -0.3 is 20.4 Å². The molecule has 12 heteroatoms. The third kappa shape index (κ3) is 7.75. The van der Waals surface area contributed by atoms with Crippen molar-refractivity contribution in [2.45, 2.75) is 29.8 Å². The normalized spacial score (nSPS) is 17.4. The average Bonchev–Trinajstić information content (AvgIpc) is 2.62. The first-order valence-corrected chi connectivity index (χ1v) is 9.09. The molecule has 162 valence electrons. The molecule has 1 fully saturated rings. The average molecular weight is 457 g/mol. The van der Waals surface area contributed by atoms with Crippen LogP contribution in [-0.2, 0) is 9.59 Å². The fourth-order valence-electron chi connectivity index (χ4n) is 2.54. The summed E-state index contributed by atoms with van der Waals surface area (Å²) in [4.78, 5) is 34.9. The van der Waals surface area contributed by atoms with Gasteiger partial charge in [-0.05, 0) is 57.2 Å². The van der Waals surface area contributed by atoms with Gasteiger partial charge in [0.2, 0.25) is 0 Å². The number of hydrogen-bond donors (Lipinski definition) is 4. The van der Waals surface area contributed by atoms with E-state index in [-0.39, 0.29) is 0 Å². The molecule has 1 aliphatic heterocycles. The highest BCUT2D eigenvalue weighted by Gasteiger charge is 2.43. The van der Waals surface area contributed by atoms with Crippen LogP contribution in [-0.4, -0.2) is 70.1 Å². The maximum absolute atomic E-state index is 12.3. The number of benzene rings is 1. The summed E-state index contributed by atoms with van der Waals surface area (Å²) >= 11 is 10.4. The molecular weight excluding hydrogens is 437 g/mol. The third-order valence-electron chi connectivity index (χ3n) is 4.26. The molecule has 1 aromatic carbocycles. The summed E-state index contributed by atoms with van der Waals surface area (Å²) in [5.74, 6) is -4.26. The molecule has 0 saturated carbocycles. The summed E-state index contributed by atoms with van der Waals surface area (Å²) in [5.41, 5.74) is 0.375. The SMILES string of the molecule is CN1CCC(S)(C(NC(=O)c2ccc(Cl)cc2)C(=O)O)CC1.O=C(O)C(F)(F)F. The van der Waals surface area contributed by atoms with Gasteiger partial charge in [-0.2, -0.15) is 25.8 Å². The van der Waals surface area contributed by atoms with Gasteiger partial charge in [0.25, 0.3) is 5.91 Å². The van der Waals surface area contributed by atoms with Crippen LogP contribution < -0.4 is 5.32 Å². The molecule has 0 spiro atoms. The fraction of sp³-hybridized carbons (Fsp3) is 0.471. The molecule has 0 bridgehead atoms. The molecule has 1 unspecified atom stereocenters. The number of halogens is 4. The van der Waals surface area contributed by atoms with Gasteiger partial charge in [-0.3, -0.25) is 4.79 Å². The maximum atomic E-state index is 12.3. The number of carboxylic acid groups (broad SMARTS) is 2. The van der Waals surface area contributed by atoms with E-state index in [0.717, 1.165) is 13.1 Å². The zero-order valence-corrected chi connectivity index (χ0v) is 16.9. The van der Waals surface area contributed by atoms with Gasteiger partial charge in [0.1, 0.15) is 6.04 Å². The van der Waals surface area contributed by atoms with Crippen molar-refractivity contribution in [2.75, 3.05) is 20.1 Å². The van der Waals surface area contributed by atoms with Gasteiger partial charge in [0, 0.05) is 15.3 Å². The number of nitrogens with one attached hydrogen (secondary N) is 1. The number of alkyl halides is 3. The largest absolute Gasteiger partial charge is 0.490 e. The van der Waals surface area contributed by atoms with Crippen LogP contribution in [0.25, 0.3) is 0 Å². The van der Waals surface area contributed by atoms with Gasteiger partial charge >= 0.3 is 18.1 Å². The van der Waals surface area contributed by atoms with E-state index in [2.05, 4.69) is 22.8 Å². The Labute approximate surface area is 175 Å². The number of aliphatic carboxylic acids is 2. The summed E-state index contributed by atoms with van der Waals surface area (Å²) in [6.45, 7) is 1.51. The standard InChI is InChI=1S/C15H19ClN2O3S.C2HF3O2/c1-18-8-6-15(22,7-9-18)12(14(20)21)17-13(19)10-2-4-11(16)5-3-10;3-2(4,5)1(6)7/h2-5,12,22H,6-9H2,1H3,(H,17,19)(H,20,21);(H,6,7). The smallest absolute Gasteiger partial charge is 0.480 e. The van der Waals surface area contributed by atoms with Crippen LogP contribution in [0.4, 0.5) is 13.2 Å². The summed E-state index contributed by atoms with van der Waals surface area (Å²) in [6, 6.07) is 5.29. The van der Waals surface area contributed by atoms with Crippen molar-refractivity contribution >= 4 is 42.1 Å². The highest BCUT2D eigenvalue weighted by Crippen LogP contribution is 2.32.